The zero-order valence-electron chi connectivity index (χ0n) is 10.00. The van der Waals surface area contributed by atoms with Crippen LogP contribution in [-0.4, -0.2) is 32.1 Å². The van der Waals surface area contributed by atoms with E-state index in [4.69, 9.17) is 4.74 Å². The number of benzene rings is 1. The van der Waals surface area contributed by atoms with Crippen molar-refractivity contribution in [2.45, 2.75) is 13.0 Å². The fraction of sp³-hybridized carbons (Fsp3) is 0.417. The summed E-state index contributed by atoms with van der Waals surface area (Å²) in [5, 5.41) is 5.74. The molecule has 1 unspecified atom stereocenters. The summed E-state index contributed by atoms with van der Waals surface area (Å²) < 4.78 is 6.45. The molecule has 0 aromatic heterocycles. The van der Waals surface area contributed by atoms with Crippen molar-refractivity contribution >= 4 is 21.8 Å². The number of ether oxygens (including phenoxy) is 1. The largest absolute Gasteiger partial charge is 0.481 e. The number of carbonyl (C=O) groups excluding carboxylic acids is 1. The Kier molecular flexibility index (Phi) is 6.00. The lowest BCUT2D eigenvalue weighted by Crippen LogP contribution is -2.39. The van der Waals surface area contributed by atoms with Crippen molar-refractivity contribution in [1.29, 1.82) is 0 Å². The summed E-state index contributed by atoms with van der Waals surface area (Å²) in [6, 6.07) is 7.43. The van der Waals surface area contributed by atoms with Crippen molar-refractivity contribution in [2.75, 3.05) is 20.1 Å². The van der Waals surface area contributed by atoms with Gasteiger partial charge in [0.05, 0.1) is 0 Å². The van der Waals surface area contributed by atoms with E-state index in [1.807, 2.05) is 31.3 Å². The van der Waals surface area contributed by atoms with Crippen molar-refractivity contribution in [2.24, 2.45) is 0 Å². The van der Waals surface area contributed by atoms with Gasteiger partial charge in [0, 0.05) is 17.6 Å². The minimum absolute atomic E-state index is 0.111. The van der Waals surface area contributed by atoms with E-state index in [1.165, 1.54) is 0 Å². The monoisotopic (exact) mass is 300 g/mol. The lowest BCUT2D eigenvalue weighted by atomic mass is 10.3. The summed E-state index contributed by atoms with van der Waals surface area (Å²) in [5.41, 5.74) is 0. The van der Waals surface area contributed by atoms with Crippen LogP contribution in [0.3, 0.4) is 0 Å². The first-order valence-corrected chi connectivity index (χ1v) is 6.27. The van der Waals surface area contributed by atoms with Crippen LogP contribution >= 0.6 is 15.9 Å². The van der Waals surface area contributed by atoms with Crippen LogP contribution in [0.2, 0.25) is 0 Å². The number of hydrogen-bond acceptors (Lipinski definition) is 3. The molecule has 0 fully saturated rings. The van der Waals surface area contributed by atoms with Gasteiger partial charge in [-0.15, -0.1) is 0 Å². The predicted octanol–water partition coefficient (Wildman–Crippen LogP) is 1.55. The molecule has 2 N–H and O–H groups in total. The minimum atomic E-state index is -0.499. The Bertz CT molecular complexity index is 371. The lowest BCUT2D eigenvalue weighted by molar-refractivity contribution is -0.127. The van der Waals surface area contributed by atoms with E-state index >= 15 is 0 Å². The fourth-order valence-electron chi connectivity index (χ4n) is 1.25. The fourth-order valence-corrected chi connectivity index (χ4v) is 1.63. The number of likely N-dealkylation sites (N-methyl/N-ethyl adjacent to an activating group) is 1. The molecule has 0 saturated heterocycles. The molecule has 17 heavy (non-hydrogen) atoms. The van der Waals surface area contributed by atoms with Gasteiger partial charge in [0.2, 0.25) is 0 Å². The standard InChI is InChI=1S/C12H17BrN2O2/c1-9(12(16)15-7-6-14-2)17-11-5-3-4-10(13)8-11/h3-5,8-9,14H,6-7H2,1-2H3,(H,15,16). The smallest absolute Gasteiger partial charge is 0.260 e. The van der Waals surface area contributed by atoms with Crippen molar-refractivity contribution in [3.05, 3.63) is 28.7 Å². The van der Waals surface area contributed by atoms with Crippen molar-refractivity contribution in [3.8, 4) is 5.75 Å². The number of hydrogen-bond donors (Lipinski definition) is 2. The topological polar surface area (TPSA) is 50.4 Å². The Balaban J connectivity index is 2.43. The summed E-state index contributed by atoms with van der Waals surface area (Å²) in [7, 11) is 1.84. The highest BCUT2D eigenvalue weighted by molar-refractivity contribution is 9.10. The van der Waals surface area contributed by atoms with Crippen LogP contribution in [0.4, 0.5) is 0 Å². The van der Waals surface area contributed by atoms with Gasteiger partial charge in [-0.1, -0.05) is 22.0 Å². The molecule has 1 aromatic rings. The minimum Gasteiger partial charge on any atom is -0.481 e. The lowest BCUT2D eigenvalue weighted by Gasteiger charge is -2.14. The van der Waals surface area contributed by atoms with Gasteiger partial charge in [-0.25, -0.2) is 0 Å². The third-order valence-electron chi connectivity index (χ3n) is 2.15. The van der Waals surface area contributed by atoms with Crippen molar-refractivity contribution in [3.63, 3.8) is 0 Å². The average Bonchev–Trinajstić information content (AvgIpc) is 2.29. The van der Waals surface area contributed by atoms with Crippen LogP contribution in [0.5, 0.6) is 5.75 Å². The molecule has 0 spiro atoms. The summed E-state index contributed by atoms with van der Waals surface area (Å²) in [4.78, 5) is 11.6. The number of halogens is 1. The third-order valence-corrected chi connectivity index (χ3v) is 2.65. The van der Waals surface area contributed by atoms with Crippen LogP contribution in [-0.2, 0) is 4.79 Å². The molecule has 0 saturated carbocycles. The van der Waals surface area contributed by atoms with E-state index in [0.717, 1.165) is 11.0 Å². The molecular weight excluding hydrogens is 284 g/mol. The maximum atomic E-state index is 11.6. The van der Waals surface area contributed by atoms with E-state index in [0.29, 0.717) is 12.3 Å². The zero-order chi connectivity index (χ0) is 12.7. The highest BCUT2D eigenvalue weighted by Crippen LogP contribution is 2.18. The van der Waals surface area contributed by atoms with Gasteiger partial charge in [0.1, 0.15) is 5.75 Å². The Morgan fingerprint density at radius 1 is 1.47 bits per heavy atom. The maximum Gasteiger partial charge on any atom is 0.260 e. The molecule has 0 heterocycles. The summed E-state index contributed by atoms with van der Waals surface area (Å²) in [6.07, 6.45) is -0.499. The zero-order valence-corrected chi connectivity index (χ0v) is 11.6. The number of nitrogens with one attached hydrogen (secondary N) is 2. The number of carbonyl (C=O) groups is 1. The van der Waals surface area contributed by atoms with Crippen LogP contribution in [0.25, 0.3) is 0 Å². The molecule has 0 aliphatic rings. The molecule has 0 bridgehead atoms. The van der Waals surface area contributed by atoms with Gasteiger partial charge < -0.3 is 15.4 Å². The second-order valence-electron chi connectivity index (χ2n) is 3.61. The second-order valence-corrected chi connectivity index (χ2v) is 4.53. The van der Waals surface area contributed by atoms with Crippen LogP contribution < -0.4 is 15.4 Å². The quantitative estimate of drug-likeness (QED) is 0.784. The molecule has 0 radical (unpaired) electrons. The first-order chi connectivity index (χ1) is 8.13. The first-order valence-electron chi connectivity index (χ1n) is 5.48. The number of rotatable bonds is 6. The van der Waals surface area contributed by atoms with Crippen molar-refractivity contribution in [1.82, 2.24) is 10.6 Å². The Labute approximate surface area is 110 Å². The average molecular weight is 301 g/mol. The predicted molar refractivity (Wildman–Crippen MR) is 71.2 cm³/mol. The van der Waals surface area contributed by atoms with Gasteiger partial charge >= 0.3 is 0 Å². The van der Waals surface area contributed by atoms with Gasteiger partial charge in [0.25, 0.3) is 5.91 Å². The molecule has 0 aliphatic carbocycles. The molecule has 1 atom stereocenters. The van der Waals surface area contributed by atoms with Gasteiger partial charge in [0.15, 0.2) is 6.10 Å². The van der Waals surface area contributed by atoms with E-state index in [9.17, 15) is 4.79 Å². The van der Waals surface area contributed by atoms with E-state index < -0.39 is 6.10 Å². The van der Waals surface area contributed by atoms with Crippen molar-refractivity contribution < 1.29 is 9.53 Å². The van der Waals surface area contributed by atoms with Gasteiger partial charge in [-0.3, -0.25) is 4.79 Å². The summed E-state index contributed by atoms with van der Waals surface area (Å²) in [5.74, 6) is 0.566. The molecule has 1 rings (SSSR count). The normalized spacial score (nSPS) is 11.9. The molecule has 0 aliphatic heterocycles. The van der Waals surface area contributed by atoms with Crippen LogP contribution in [0.15, 0.2) is 28.7 Å². The maximum absolute atomic E-state index is 11.6. The number of amides is 1. The first kappa shape index (κ1) is 14.0. The van der Waals surface area contributed by atoms with E-state index in [-0.39, 0.29) is 5.91 Å². The molecular formula is C12H17BrN2O2. The molecule has 4 nitrogen and oxygen atoms in total. The summed E-state index contributed by atoms with van der Waals surface area (Å²) >= 11 is 3.35. The Morgan fingerprint density at radius 2 is 2.24 bits per heavy atom. The molecule has 94 valence electrons. The Hall–Kier alpha value is -1.07. The third kappa shape index (κ3) is 5.19. The highest BCUT2D eigenvalue weighted by atomic mass is 79.9. The van der Waals surface area contributed by atoms with Gasteiger partial charge in [-0.05, 0) is 32.2 Å². The molecule has 5 heteroatoms. The van der Waals surface area contributed by atoms with E-state index in [1.54, 1.807) is 6.92 Å². The SMILES string of the molecule is CNCCNC(=O)C(C)Oc1cccc(Br)c1. The highest BCUT2D eigenvalue weighted by Gasteiger charge is 2.13. The molecule has 1 aromatic carbocycles. The Morgan fingerprint density at radius 3 is 2.88 bits per heavy atom. The molecule has 1 amide bonds. The van der Waals surface area contributed by atoms with E-state index in [2.05, 4.69) is 26.6 Å². The van der Waals surface area contributed by atoms with Gasteiger partial charge in [-0.2, -0.15) is 0 Å². The van der Waals surface area contributed by atoms with Crippen LogP contribution in [0.1, 0.15) is 6.92 Å². The van der Waals surface area contributed by atoms with Crippen LogP contribution in [0, 0.1) is 0 Å². The second kappa shape index (κ2) is 7.29. The summed E-state index contributed by atoms with van der Waals surface area (Å²) in [6.45, 7) is 3.08.